The van der Waals surface area contributed by atoms with Gasteiger partial charge in [-0.05, 0) is 43.5 Å². The van der Waals surface area contributed by atoms with Crippen LogP contribution in [0.15, 0.2) is 30.3 Å². The second-order valence-corrected chi connectivity index (χ2v) is 5.71. The maximum absolute atomic E-state index is 12.2. The van der Waals surface area contributed by atoms with Gasteiger partial charge in [-0.2, -0.15) is 8.78 Å². The van der Waals surface area contributed by atoms with Crippen LogP contribution in [0.2, 0.25) is 0 Å². The lowest BCUT2D eigenvalue weighted by atomic mass is 9.93. The molecule has 1 fully saturated rings. The van der Waals surface area contributed by atoms with Crippen molar-refractivity contribution in [2.24, 2.45) is 5.92 Å². The van der Waals surface area contributed by atoms with Crippen LogP contribution >= 0.6 is 0 Å². The highest BCUT2D eigenvalue weighted by molar-refractivity contribution is 5.91. The van der Waals surface area contributed by atoms with Crippen molar-refractivity contribution >= 4 is 12.0 Å². The minimum Gasteiger partial charge on any atom is -0.435 e. The summed E-state index contributed by atoms with van der Waals surface area (Å²) >= 11 is 0. The summed E-state index contributed by atoms with van der Waals surface area (Å²) in [6.45, 7) is 0.145. The summed E-state index contributed by atoms with van der Waals surface area (Å²) in [7, 11) is 0. The van der Waals surface area contributed by atoms with E-state index in [2.05, 4.69) is 4.74 Å². The Morgan fingerprint density at radius 3 is 2.70 bits per heavy atom. The predicted octanol–water partition coefficient (Wildman–Crippen LogP) is 2.92. The van der Waals surface area contributed by atoms with Crippen molar-refractivity contribution in [3.05, 3.63) is 35.9 Å². The monoisotopic (exact) mass is 325 g/mol. The number of nitrogens with zero attached hydrogens (tertiary/aromatic N) is 1. The van der Waals surface area contributed by atoms with E-state index >= 15 is 0 Å². The van der Waals surface area contributed by atoms with E-state index in [0.717, 1.165) is 18.4 Å². The first kappa shape index (κ1) is 17.4. The van der Waals surface area contributed by atoms with Crippen molar-refractivity contribution in [1.82, 2.24) is 4.90 Å². The normalized spacial score (nSPS) is 20.0. The number of likely N-dealkylation sites (tertiary alicyclic amines) is 1. The highest BCUT2D eigenvalue weighted by Crippen LogP contribution is 2.20. The molecule has 126 valence electrons. The number of ether oxygens (including phenoxy) is 1. The molecular formula is C17H21F2NO3. The van der Waals surface area contributed by atoms with E-state index in [1.165, 1.54) is 18.2 Å². The Labute approximate surface area is 134 Å². The molecule has 0 radical (unpaired) electrons. The number of benzene rings is 1. The molecule has 0 saturated carbocycles. The third-order valence-corrected chi connectivity index (χ3v) is 3.98. The Balaban J connectivity index is 1.92. The molecule has 1 aliphatic heterocycles. The minimum absolute atomic E-state index is 0.0827. The molecule has 0 aromatic heterocycles. The summed E-state index contributed by atoms with van der Waals surface area (Å²) in [4.78, 5) is 13.9. The first-order valence-electron chi connectivity index (χ1n) is 7.65. The summed E-state index contributed by atoms with van der Waals surface area (Å²) in [5, 5.41) is 9.65. The summed E-state index contributed by atoms with van der Waals surface area (Å²) in [5.41, 5.74) is 0.726. The number of carbonyl (C=O) groups is 1. The van der Waals surface area contributed by atoms with E-state index in [9.17, 15) is 18.7 Å². The van der Waals surface area contributed by atoms with Gasteiger partial charge < -0.3 is 14.7 Å². The quantitative estimate of drug-likeness (QED) is 0.847. The zero-order chi connectivity index (χ0) is 16.8. The van der Waals surface area contributed by atoms with Crippen molar-refractivity contribution in [1.29, 1.82) is 0 Å². The molecule has 6 heteroatoms. The van der Waals surface area contributed by atoms with Crippen LogP contribution in [0.25, 0.3) is 6.08 Å². The average Bonchev–Trinajstić information content (AvgIpc) is 2.53. The van der Waals surface area contributed by atoms with Gasteiger partial charge in [-0.3, -0.25) is 4.79 Å². The van der Waals surface area contributed by atoms with E-state index < -0.39 is 12.7 Å². The highest BCUT2D eigenvalue weighted by atomic mass is 19.3. The molecule has 1 amide bonds. The number of carbonyl (C=O) groups excluding carboxylic acids is 1. The Morgan fingerprint density at radius 2 is 2.09 bits per heavy atom. The van der Waals surface area contributed by atoms with Crippen molar-refractivity contribution in [2.45, 2.75) is 32.5 Å². The molecule has 1 aliphatic rings. The molecule has 1 N–H and O–H groups in total. The van der Waals surface area contributed by atoms with E-state index in [-0.39, 0.29) is 17.6 Å². The van der Waals surface area contributed by atoms with Crippen LogP contribution in [-0.4, -0.2) is 41.7 Å². The van der Waals surface area contributed by atoms with Crippen molar-refractivity contribution in [2.75, 3.05) is 13.1 Å². The Kier molecular flexibility index (Phi) is 6.10. The van der Waals surface area contributed by atoms with Crippen LogP contribution in [0.3, 0.4) is 0 Å². The molecule has 0 bridgehead atoms. The van der Waals surface area contributed by atoms with Crippen LogP contribution in [0.5, 0.6) is 5.75 Å². The number of alkyl halides is 2. The molecule has 1 heterocycles. The number of aliphatic hydroxyl groups excluding tert-OH is 1. The first-order valence-corrected chi connectivity index (χ1v) is 7.65. The molecule has 23 heavy (non-hydrogen) atoms. The van der Waals surface area contributed by atoms with E-state index in [1.807, 2.05) is 0 Å². The van der Waals surface area contributed by atoms with Crippen LogP contribution in [-0.2, 0) is 4.79 Å². The predicted molar refractivity (Wildman–Crippen MR) is 83.1 cm³/mol. The Morgan fingerprint density at radius 1 is 1.39 bits per heavy atom. The molecule has 1 saturated heterocycles. The van der Waals surface area contributed by atoms with Gasteiger partial charge in [0, 0.05) is 25.1 Å². The third-order valence-electron chi connectivity index (χ3n) is 3.98. The van der Waals surface area contributed by atoms with E-state index in [4.69, 9.17) is 0 Å². The number of rotatable bonds is 5. The van der Waals surface area contributed by atoms with Crippen LogP contribution in [0, 0.1) is 5.92 Å². The van der Waals surface area contributed by atoms with Crippen molar-refractivity contribution in [3.63, 3.8) is 0 Å². The lowest BCUT2D eigenvalue weighted by Crippen LogP contribution is -2.42. The fourth-order valence-electron chi connectivity index (χ4n) is 2.64. The number of hydrogen-bond donors (Lipinski definition) is 1. The molecule has 2 unspecified atom stereocenters. The van der Waals surface area contributed by atoms with Crippen LogP contribution in [0.1, 0.15) is 25.3 Å². The van der Waals surface area contributed by atoms with Gasteiger partial charge in [0.05, 0.1) is 6.10 Å². The summed E-state index contributed by atoms with van der Waals surface area (Å²) in [6, 6.07) is 6.08. The summed E-state index contributed by atoms with van der Waals surface area (Å²) in [5.74, 6) is 0.0921. The zero-order valence-electron chi connectivity index (χ0n) is 13.0. The highest BCUT2D eigenvalue weighted by Gasteiger charge is 2.25. The van der Waals surface area contributed by atoms with Gasteiger partial charge in [0.2, 0.25) is 5.91 Å². The minimum atomic E-state index is -2.85. The Bertz CT molecular complexity index is 543. The van der Waals surface area contributed by atoms with Gasteiger partial charge in [-0.1, -0.05) is 12.1 Å². The standard InChI is InChI=1S/C17H21F2NO3/c1-12(21)14-3-2-10-20(11-14)16(22)9-6-13-4-7-15(8-5-13)23-17(18)19/h4-9,12,14,17,21H,2-3,10-11H2,1H3/b9-6+. The maximum atomic E-state index is 12.2. The smallest absolute Gasteiger partial charge is 0.387 e. The molecule has 2 atom stereocenters. The van der Waals surface area contributed by atoms with Crippen LogP contribution < -0.4 is 4.74 Å². The van der Waals surface area contributed by atoms with Crippen molar-refractivity contribution in [3.8, 4) is 5.75 Å². The molecule has 1 aromatic rings. The Hall–Kier alpha value is -1.95. The second kappa shape index (κ2) is 8.06. The fourth-order valence-corrected chi connectivity index (χ4v) is 2.64. The summed E-state index contributed by atoms with van der Waals surface area (Å²) < 4.78 is 28.4. The topological polar surface area (TPSA) is 49.8 Å². The summed E-state index contributed by atoms with van der Waals surface area (Å²) in [6.07, 6.45) is 4.50. The van der Waals surface area contributed by atoms with Gasteiger partial charge in [0.15, 0.2) is 0 Å². The molecule has 0 spiro atoms. The molecular weight excluding hydrogens is 304 g/mol. The largest absolute Gasteiger partial charge is 0.435 e. The SMILES string of the molecule is CC(O)C1CCCN(C(=O)/C=C/c2ccc(OC(F)F)cc2)C1. The lowest BCUT2D eigenvalue weighted by Gasteiger charge is -2.33. The second-order valence-electron chi connectivity index (χ2n) is 5.71. The number of piperidine rings is 1. The van der Waals surface area contributed by atoms with Gasteiger partial charge in [0.25, 0.3) is 0 Å². The van der Waals surface area contributed by atoms with Crippen molar-refractivity contribution < 1.29 is 23.4 Å². The van der Waals surface area contributed by atoms with Crippen LogP contribution in [0.4, 0.5) is 8.78 Å². The molecule has 1 aromatic carbocycles. The average molecular weight is 325 g/mol. The number of amides is 1. The number of hydrogen-bond acceptors (Lipinski definition) is 3. The molecule has 4 nitrogen and oxygen atoms in total. The van der Waals surface area contributed by atoms with Gasteiger partial charge in [-0.25, -0.2) is 0 Å². The zero-order valence-corrected chi connectivity index (χ0v) is 13.0. The number of aliphatic hydroxyl groups is 1. The number of halogens is 2. The van der Waals surface area contributed by atoms with Gasteiger partial charge in [-0.15, -0.1) is 0 Å². The lowest BCUT2D eigenvalue weighted by molar-refractivity contribution is -0.128. The molecule has 0 aliphatic carbocycles. The fraction of sp³-hybridized carbons (Fsp3) is 0.471. The third kappa shape index (κ3) is 5.32. The van der Waals surface area contributed by atoms with Gasteiger partial charge >= 0.3 is 6.61 Å². The molecule has 2 rings (SSSR count). The van der Waals surface area contributed by atoms with E-state index in [0.29, 0.717) is 13.1 Å². The van der Waals surface area contributed by atoms with Gasteiger partial charge in [0.1, 0.15) is 5.75 Å². The van der Waals surface area contributed by atoms with E-state index in [1.54, 1.807) is 30.0 Å². The first-order chi connectivity index (χ1) is 11.0. The maximum Gasteiger partial charge on any atom is 0.387 e.